The van der Waals surface area contributed by atoms with Gasteiger partial charge < -0.3 is 14.4 Å². The van der Waals surface area contributed by atoms with Crippen LogP contribution in [0.25, 0.3) is 22.4 Å². The van der Waals surface area contributed by atoms with Gasteiger partial charge in [0.15, 0.2) is 5.82 Å². The molecule has 1 saturated carbocycles. The first-order valence-corrected chi connectivity index (χ1v) is 12.0. The van der Waals surface area contributed by atoms with Crippen molar-refractivity contribution < 1.29 is 19.0 Å². The number of hydrogen-bond donors (Lipinski definition) is 1. The molecule has 1 aromatic carbocycles. The molecule has 0 atom stereocenters. The van der Waals surface area contributed by atoms with Crippen LogP contribution in [0.5, 0.6) is 0 Å². The van der Waals surface area contributed by atoms with Crippen LogP contribution in [-0.2, 0) is 11.2 Å². The lowest BCUT2D eigenvalue weighted by atomic mass is 9.95. The third-order valence-corrected chi connectivity index (χ3v) is 6.31. The molecule has 1 aliphatic rings. The van der Waals surface area contributed by atoms with Crippen LogP contribution in [0.2, 0.25) is 0 Å². The molecule has 0 saturated heterocycles. The van der Waals surface area contributed by atoms with Crippen LogP contribution in [0.4, 0.5) is 4.39 Å². The Morgan fingerprint density at radius 1 is 1.18 bits per heavy atom. The number of aryl methyl sites for hydroxylation is 2. The van der Waals surface area contributed by atoms with E-state index in [-0.39, 0.29) is 23.0 Å². The maximum absolute atomic E-state index is 14.6. The number of rotatable bonds is 4. The van der Waals surface area contributed by atoms with Crippen molar-refractivity contribution in [2.75, 3.05) is 7.11 Å². The van der Waals surface area contributed by atoms with Crippen molar-refractivity contribution in [1.29, 1.82) is 0 Å². The lowest BCUT2D eigenvalue weighted by molar-refractivity contribution is 0.0397. The Hall–Kier alpha value is -2.80. The maximum Gasteiger partial charge on any atom is 0.338 e. The van der Waals surface area contributed by atoms with Gasteiger partial charge in [0.2, 0.25) is 0 Å². The fraction of sp³-hybridized carbons (Fsp3) is 0.519. The zero-order valence-corrected chi connectivity index (χ0v) is 21.1. The smallest absolute Gasteiger partial charge is 0.338 e. The highest BCUT2D eigenvalue weighted by atomic mass is 19.1. The summed E-state index contributed by atoms with van der Waals surface area (Å²) in [5, 5.41) is 10.4. The summed E-state index contributed by atoms with van der Waals surface area (Å²) in [7, 11) is 1.71. The monoisotopic (exact) mass is 469 g/mol. The largest absolute Gasteiger partial charge is 0.478 e. The Morgan fingerprint density at radius 2 is 1.76 bits per heavy atom. The number of nitrogens with zero attached hydrogens (tertiary/aromatic N) is 3. The second kappa shape index (κ2) is 10.6. The number of carboxylic acids is 1. The van der Waals surface area contributed by atoms with Gasteiger partial charge in [0.25, 0.3) is 0 Å². The van der Waals surface area contributed by atoms with Crippen molar-refractivity contribution in [1.82, 2.24) is 14.5 Å². The number of fused-ring (bicyclic) bond motifs is 1. The number of halogens is 1. The minimum atomic E-state index is -1.08. The van der Waals surface area contributed by atoms with E-state index in [1.165, 1.54) is 12.5 Å². The SMILES string of the molecule is CCc1cc2c(cc1F)c(C(=O)O)c(-c1ncc(C)cn1)n2C1CCCCC1.COC(C)(C)C. The minimum absolute atomic E-state index is 0.0417. The zero-order chi connectivity index (χ0) is 25.0. The van der Waals surface area contributed by atoms with E-state index in [2.05, 4.69) is 14.5 Å². The predicted molar refractivity (Wildman–Crippen MR) is 133 cm³/mol. The molecule has 2 heterocycles. The van der Waals surface area contributed by atoms with Gasteiger partial charge in [-0.2, -0.15) is 0 Å². The van der Waals surface area contributed by atoms with Crippen molar-refractivity contribution in [2.45, 2.75) is 84.8 Å². The van der Waals surface area contributed by atoms with E-state index < -0.39 is 5.97 Å². The summed E-state index contributed by atoms with van der Waals surface area (Å²) >= 11 is 0. The van der Waals surface area contributed by atoms with E-state index in [1.54, 1.807) is 19.5 Å². The van der Waals surface area contributed by atoms with Crippen LogP contribution in [0, 0.1) is 12.7 Å². The van der Waals surface area contributed by atoms with Gasteiger partial charge in [-0.1, -0.05) is 26.2 Å². The zero-order valence-electron chi connectivity index (χ0n) is 21.1. The van der Waals surface area contributed by atoms with Crippen LogP contribution < -0.4 is 0 Å². The molecule has 34 heavy (non-hydrogen) atoms. The third-order valence-electron chi connectivity index (χ3n) is 6.31. The number of aromatic carboxylic acids is 1. The molecule has 2 aromatic heterocycles. The Balaban J connectivity index is 0.000000481. The van der Waals surface area contributed by atoms with E-state index in [0.29, 0.717) is 28.9 Å². The summed E-state index contributed by atoms with van der Waals surface area (Å²) in [6.07, 6.45) is 9.26. The van der Waals surface area contributed by atoms with Crippen molar-refractivity contribution in [3.8, 4) is 11.5 Å². The molecule has 6 nitrogen and oxygen atoms in total. The van der Waals surface area contributed by atoms with Gasteiger partial charge in [0.1, 0.15) is 11.5 Å². The standard InChI is InChI=1S/C22H24FN3O2.C5H12O/c1-3-14-9-18-16(10-17(14)23)19(22(27)28)20(21-24-11-13(2)12-25-21)26(18)15-7-5-4-6-8-15;1-5(2,3)6-4/h9-12,15H,3-8H2,1-2H3,(H,27,28);1-4H3. The number of methoxy groups -OCH3 is 1. The molecule has 0 aliphatic heterocycles. The first-order chi connectivity index (χ1) is 16.1. The van der Waals surface area contributed by atoms with Gasteiger partial charge in [0, 0.05) is 30.9 Å². The average molecular weight is 470 g/mol. The number of aromatic nitrogens is 3. The second-order valence-electron chi connectivity index (χ2n) is 9.91. The Kier molecular flexibility index (Phi) is 8.08. The van der Waals surface area contributed by atoms with Gasteiger partial charge in [0.05, 0.1) is 16.7 Å². The number of ether oxygens (including phenoxy) is 1. The van der Waals surface area contributed by atoms with Crippen molar-refractivity contribution >= 4 is 16.9 Å². The van der Waals surface area contributed by atoms with Crippen LogP contribution in [0.1, 0.15) is 87.3 Å². The molecular formula is C27H36FN3O3. The molecule has 0 bridgehead atoms. The molecule has 184 valence electrons. The first kappa shape index (κ1) is 25.8. The summed E-state index contributed by atoms with van der Waals surface area (Å²) in [6, 6.07) is 3.34. The molecule has 4 rings (SSSR count). The van der Waals surface area contributed by atoms with Gasteiger partial charge in [-0.05, 0) is 70.2 Å². The van der Waals surface area contributed by atoms with Crippen LogP contribution >= 0.6 is 0 Å². The van der Waals surface area contributed by atoms with Gasteiger partial charge in [-0.3, -0.25) is 0 Å². The quantitative estimate of drug-likeness (QED) is 0.458. The van der Waals surface area contributed by atoms with E-state index in [1.807, 2.05) is 40.7 Å². The highest BCUT2D eigenvalue weighted by molar-refractivity contribution is 6.09. The number of benzene rings is 1. The Morgan fingerprint density at radius 3 is 2.26 bits per heavy atom. The van der Waals surface area contributed by atoms with Crippen molar-refractivity contribution in [3.63, 3.8) is 0 Å². The minimum Gasteiger partial charge on any atom is -0.478 e. The van der Waals surface area contributed by atoms with E-state index >= 15 is 0 Å². The van der Waals surface area contributed by atoms with Crippen molar-refractivity contribution in [3.05, 3.63) is 47.0 Å². The summed E-state index contributed by atoms with van der Waals surface area (Å²) in [6.45, 7) is 9.86. The molecule has 3 aromatic rings. The summed E-state index contributed by atoms with van der Waals surface area (Å²) in [4.78, 5) is 21.1. The number of carbonyl (C=O) groups is 1. The summed E-state index contributed by atoms with van der Waals surface area (Å²) < 4.78 is 21.6. The van der Waals surface area contributed by atoms with Gasteiger partial charge >= 0.3 is 5.97 Å². The van der Waals surface area contributed by atoms with E-state index in [0.717, 1.165) is 36.8 Å². The first-order valence-electron chi connectivity index (χ1n) is 12.0. The lowest BCUT2D eigenvalue weighted by Gasteiger charge is -2.26. The van der Waals surface area contributed by atoms with Crippen molar-refractivity contribution in [2.24, 2.45) is 0 Å². The third kappa shape index (κ3) is 5.63. The highest BCUT2D eigenvalue weighted by Crippen LogP contribution is 2.40. The number of hydrogen-bond acceptors (Lipinski definition) is 4. The Labute approximate surface area is 201 Å². The van der Waals surface area contributed by atoms with Crippen LogP contribution in [0.3, 0.4) is 0 Å². The molecule has 0 amide bonds. The average Bonchev–Trinajstić information content (AvgIpc) is 3.13. The Bertz CT molecular complexity index is 1140. The van der Waals surface area contributed by atoms with Gasteiger partial charge in [-0.25, -0.2) is 19.2 Å². The molecule has 0 spiro atoms. The molecule has 0 radical (unpaired) electrons. The molecule has 7 heteroatoms. The van der Waals surface area contributed by atoms with E-state index in [9.17, 15) is 14.3 Å². The topological polar surface area (TPSA) is 77.2 Å². The number of carboxylic acid groups (broad SMARTS) is 1. The fourth-order valence-corrected chi connectivity index (χ4v) is 4.31. The predicted octanol–water partition coefficient (Wildman–Crippen LogP) is 6.74. The lowest BCUT2D eigenvalue weighted by Crippen LogP contribution is -2.15. The second-order valence-corrected chi connectivity index (χ2v) is 9.91. The van der Waals surface area contributed by atoms with Crippen LogP contribution in [-0.4, -0.2) is 38.3 Å². The molecule has 1 aliphatic carbocycles. The fourth-order valence-electron chi connectivity index (χ4n) is 4.31. The maximum atomic E-state index is 14.6. The van der Waals surface area contributed by atoms with Crippen LogP contribution in [0.15, 0.2) is 24.5 Å². The summed E-state index contributed by atoms with van der Waals surface area (Å²) in [5.74, 6) is -1.07. The van der Waals surface area contributed by atoms with Gasteiger partial charge in [-0.15, -0.1) is 0 Å². The normalized spacial score (nSPS) is 14.7. The molecule has 0 unspecified atom stereocenters. The summed E-state index contributed by atoms with van der Waals surface area (Å²) in [5.41, 5.74) is 2.88. The molecular weight excluding hydrogens is 433 g/mol. The van der Waals surface area contributed by atoms with E-state index in [4.69, 9.17) is 4.74 Å². The molecule has 1 fully saturated rings. The molecule has 1 N–H and O–H groups in total. The highest BCUT2D eigenvalue weighted by Gasteiger charge is 2.30.